The molecule has 2 aromatic heterocycles. The van der Waals surface area contributed by atoms with Gasteiger partial charge in [-0.05, 0) is 39.3 Å². The van der Waals surface area contributed by atoms with E-state index < -0.39 is 6.67 Å². The molecular weight excluding hydrogens is 357 g/mol. The van der Waals surface area contributed by atoms with E-state index in [0.29, 0.717) is 24.2 Å². The number of aromatic nitrogens is 3. The van der Waals surface area contributed by atoms with Crippen LogP contribution >= 0.6 is 0 Å². The van der Waals surface area contributed by atoms with Crippen molar-refractivity contribution in [2.24, 2.45) is 0 Å². The normalized spacial score (nSPS) is 14.2. The number of nitrogens with one attached hydrogen (secondary N) is 3. The van der Waals surface area contributed by atoms with E-state index in [1.165, 1.54) is 6.08 Å². The number of hydrogen-bond acceptors (Lipinski definition) is 4. The number of aromatic amines is 1. The fourth-order valence-electron chi connectivity index (χ4n) is 3.15. The molecule has 3 heterocycles. The van der Waals surface area contributed by atoms with Crippen LogP contribution in [0.2, 0.25) is 0 Å². The van der Waals surface area contributed by atoms with Crippen LogP contribution in [0.5, 0.6) is 0 Å². The monoisotopic (exact) mass is 385 g/mol. The summed E-state index contributed by atoms with van der Waals surface area (Å²) in [5.41, 5.74) is 4.58. The molecule has 0 aliphatic carbocycles. The Hall–Kier alpha value is -2.70. The number of aryl methyl sites for hydroxylation is 1. The van der Waals surface area contributed by atoms with Gasteiger partial charge in [0.15, 0.2) is 0 Å². The van der Waals surface area contributed by atoms with Crippen molar-refractivity contribution in [2.45, 2.75) is 52.5 Å². The summed E-state index contributed by atoms with van der Waals surface area (Å²) in [5, 5.41) is 6.31. The SMILES string of the molecule is CCC(C)(C)Nc1nc(Cc2cc3c([nH]2)CCNC3=O)c(/C=C\CF)nc1C. The van der Waals surface area contributed by atoms with Crippen LogP contribution in [0.1, 0.15) is 66.0 Å². The van der Waals surface area contributed by atoms with Crippen LogP contribution in [0.15, 0.2) is 12.1 Å². The number of alkyl halides is 1. The minimum atomic E-state index is -0.556. The van der Waals surface area contributed by atoms with Crippen LogP contribution in [0.4, 0.5) is 10.2 Å². The molecular formula is C21H28FN5O. The molecule has 150 valence electrons. The zero-order chi connectivity index (χ0) is 20.3. The molecule has 0 fully saturated rings. The molecule has 0 aromatic carbocycles. The van der Waals surface area contributed by atoms with Gasteiger partial charge in [-0.15, -0.1) is 0 Å². The van der Waals surface area contributed by atoms with Gasteiger partial charge in [0.1, 0.15) is 12.5 Å². The quantitative estimate of drug-likeness (QED) is 0.680. The highest BCUT2D eigenvalue weighted by Crippen LogP contribution is 2.23. The molecule has 0 spiro atoms. The van der Waals surface area contributed by atoms with Crippen molar-refractivity contribution < 1.29 is 9.18 Å². The number of carbonyl (C=O) groups excluding carboxylic acids is 1. The van der Waals surface area contributed by atoms with Gasteiger partial charge in [0.2, 0.25) is 0 Å². The predicted molar refractivity (Wildman–Crippen MR) is 109 cm³/mol. The van der Waals surface area contributed by atoms with Crippen LogP contribution in [-0.2, 0) is 12.8 Å². The van der Waals surface area contributed by atoms with Gasteiger partial charge in [0, 0.05) is 36.3 Å². The van der Waals surface area contributed by atoms with Gasteiger partial charge in [0.25, 0.3) is 5.91 Å². The number of amides is 1. The van der Waals surface area contributed by atoms with Gasteiger partial charge in [-0.25, -0.2) is 14.4 Å². The van der Waals surface area contributed by atoms with Crippen molar-refractivity contribution >= 4 is 17.8 Å². The Balaban J connectivity index is 1.97. The molecule has 6 nitrogen and oxygen atoms in total. The Morgan fingerprint density at radius 3 is 2.82 bits per heavy atom. The predicted octanol–water partition coefficient (Wildman–Crippen LogP) is 3.57. The molecule has 1 aliphatic heterocycles. The average molecular weight is 385 g/mol. The van der Waals surface area contributed by atoms with Crippen molar-refractivity contribution in [2.75, 3.05) is 18.5 Å². The fourth-order valence-corrected chi connectivity index (χ4v) is 3.15. The lowest BCUT2D eigenvalue weighted by atomic mass is 10.0. The van der Waals surface area contributed by atoms with Crippen molar-refractivity contribution in [1.82, 2.24) is 20.3 Å². The minimum Gasteiger partial charge on any atom is -0.364 e. The largest absolute Gasteiger partial charge is 0.364 e. The first kappa shape index (κ1) is 20.0. The number of H-pyrrole nitrogens is 1. The van der Waals surface area contributed by atoms with Gasteiger partial charge in [-0.1, -0.05) is 13.0 Å². The van der Waals surface area contributed by atoms with Gasteiger partial charge in [-0.3, -0.25) is 4.79 Å². The molecule has 0 saturated carbocycles. The van der Waals surface area contributed by atoms with E-state index in [0.717, 1.165) is 41.4 Å². The average Bonchev–Trinajstić information content (AvgIpc) is 3.07. The van der Waals surface area contributed by atoms with Crippen LogP contribution in [0, 0.1) is 6.92 Å². The topological polar surface area (TPSA) is 82.7 Å². The fraction of sp³-hybridized carbons (Fsp3) is 0.476. The van der Waals surface area contributed by atoms with E-state index >= 15 is 0 Å². The summed E-state index contributed by atoms with van der Waals surface area (Å²) in [5.74, 6) is 0.677. The first-order valence-electron chi connectivity index (χ1n) is 9.70. The highest BCUT2D eigenvalue weighted by Gasteiger charge is 2.22. The molecule has 3 rings (SSSR count). The van der Waals surface area contributed by atoms with Crippen molar-refractivity contribution in [3.05, 3.63) is 46.2 Å². The lowest BCUT2D eigenvalue weighted by Crippen LogP contribution is -2.31. The third kappa shape index (κ3) is 4.40. The zero-order valence-corrected chi connectivity index (χ0v) is 16.9. The van der Waals surface area contributed by atoms with Gasteiger partial charge in [0.05, 0.1) is 22.6 Å². The smallest absolute Gasteiger partial charge is 0.253 e. The Morgan fingerprint density at radius 2 is 2.14 bits per heavy atom. The molecule has 28 heavy (non-hydrogen) atoms. The van der Waals surface area contributed by atoms with Crippen LogP contribution in [0.3, 0.4) is 0 Å². The Labute approximate surface area is 165 Å². The summed E-state index contributed by atoms with van der Waals surface area (Å²) in [6, 6.07) is 1.87. The first-order chi connectivity index (χ1) is 13.3. The summed E-state index contributed by atoms with van der Waals surface area (Å²) in [7, 11) is 0. The second kappa shape index (κ2) is 8.12. The van der Waals surface area contributed by atoms with E-state index in [-0.39, 0.29) is 11.4 Å². The standard InChI is InChI=1S/C21H28FN5O/c1-5-21(3,4)27-19-13(2)24-17(7-6-9-22)18(26-19)12-14-11-15-16(25-14)8-10-23-20(15)28/h6-7,11,25H,5,8-10,12H2,1-4H3,(H,23,28)(H,26,27)/b7-6-. The molecule has 2 aromatic rings. The summed E-state index contributed by atoms with van der Waals surface area (Å²) >= 11 is 0. The first-order valence-corrected chi connectivity index (χ1v) is 9.70. The number of carbonyl (C=O) groups is 1. The third-order valence-electron chi connectivity index (χ3n) is 5.10. The lowest BCUT2D eigenvalue weighted by Gasteiger charge is -2.26. The highest BCUT2D eigenvalue weighted by atomic mass is 19.1. The summed E-state index contributed by atoms with van der Waals surface area (Å²) in [4.78, 5) is 24.8. The molecule has 1 aliphatic rings. The van der Waals surface area contributed by atoms with Crippen molar-refractivity contribution in [3.8, 4) is 0 Å². The van der Waals surface area contributed by atoms with Crippen LogP contribution in [-0.4, -0.2) is 39.6 Å². The molecule has 0 atom stereocenters. The molecule has 0 unspecified atom stereocenters. The van der Waals surface area contributed by atoms with Gasteiger partial charge in [-0.2, -0.15) is 0 Å². The van der Waals surface area contributed by atoms with E-state index in [2.05, 4.69) is 41.4 Å². The molecule has 0 radical (unpaired) electrons. The van der Waals surface area contributed by atoms with E-state index in [9.17, 15) is 9.18 Å². The number of nitrogens with zero attached hydrogens (tertiary/aromatic N) is 2. The minimum absolute atomic E-state index is 0.0525. The summed E-state index contributed by atoms with van der Waals surface area (Å²) in [6.45, 7) is 8.32. The van der Waals surface area contributed by atoms with Crippen molar-refractivity contribution in [1.29, 1.82) is 0 Å². The molecule has 3 N–H and O–H groups in total. The maximum absolute atomic E-state index is 12.7. The number of hydrogen-bond donors (Lipinski definition) is 3. The maximum Gasteiger partial charge on any atom is 0.253 e. The number of fused-ring (bicyclic) bond motifs is 1. The van der Waals surface area contributed by atoms with Crippen molar-refractivity contribution in [3.63, 3.8) is 0 Å². The number of allylic oxidation sites excluding steroid dienone is 1. The number of anilines is 1. The highest BCUT2D eigenvalue weighted by molar-refractivity contribution is 5.96. The summed E-state index contributed by atoms with van der Waals surface area (Å²) < 4.78 is 12.7. The second-order valence-corrected chi connectivity index (χ2v) is 7.78. The molecule has 1 amide bonds. The number of rotatable bonds is 7. The Morgan fingerprint density at radius 1 is 1.36 bits per heavy atom. The Bertz CT molecular complexity index is 900. The van der Waals surface area contributed by atoms with Gasteiger partial charge >= 0.3 is 0 Å². The van der Waals surface area contributed by atoms with Crippen LogP contribution < -0.4 is 10.6 Å². The second-order valence-electron chi connectivity index (χ2n) is 7.78. The molecule has 7 heteroatoms. The van der Waals surface area contributed by atoms with Crippen LogP contribution in [0.25, 0.3) is 6.08 Å². The maximum atomic E-state index is 12.7. The van der Waals surface area contributed by atoms with E-state index in [1.807, 2.05) is 13.0 Å². The zero-order valence-electron chi connectivity index (χ0n) is 16.9. The number of halogens is 1. The molecule has 0 bridgehead atoms. The third-order valence-corrected chi connectivity index (χ3v) is 5.10. The van der Waals surface area contributed by atoms with Gasteiger partial charge < -0.3 is 15.6 Å². The lowest BCUT2D eigenvalue weighted by molar-refractivity contribution is 0.0946. The summed E-state index contributed by atoms with van der Waals surface area (Å²) in [6.07, 6.45) is 5.31. The Kier molecular flexibility index (Phi) is 5.82. The molecule has 0 saturated heterocycles. The van der Waals surface area contributed by atoms with E-state index in [1.54, 1.807) is 6.08 Å². The van der Waals surface area contributed by atoms with E-state index in [4.69, 9.17) is 4.98 Å².